The summed E-state index contributed by atoms with van der Waals surface area (Å²) in [5.74, 6) is 3.11. The van der Waals surface area contributed by atoms with Crippen molar-refractivity contribution in [2.24, 2.45) is 0 Å². The molecule has 0 aliphatic rings. The monoisotopic (exact) mass is 334 g/mol. The van der Waals surface area contributed by atoms with Gasteiger partial charge in [0.05, 0.1) is 0 Å². The quantitative estimate of drug-likeness (QED) is 0.550. The summed E-state index contributed by atoms with van der Waals surface area (Å²) in [7, 11) is 0. The minimum atomic E-state index is -1.91. The summed E-state index contributed by atoms with van der Waals surface area (Å²) in [6.45, 7) is 8.94. The summed E-state index contributed by atoms with van der Waals surface area (Å²) in [5, 5.41) is 0. The predicted molar refractivity (Wildman–Crippen MR) is 50.6 cm³/mol. The Bertz CT molecular complexity index is 126. The fourth-order valence-electron chi connectivity index (χ4n) is 1.28. The van der Waals surface area contributed by atoms with Crippen molar-refractivity contribution in [3.8, 4) is 9.40 Å². The molecule has 10 heavy (non-hydrogen) atoms. The third kappa shape index (κ3) is 2.61. The molecule has 0 N–H and O–H groups in total. The Morgan fingerprint density at radius 1 is 1.00 bits per heavy atom. The maximum atomic E-state index is 3.52. The first-order valence-electron chi connectivity index (χ1n) is 4.18. The van der Waals surface area contributed by atoms with Gasteiger partial charge in [-0.2, -0.15) is 0 Å². The Hall–Kier alpha value is 0.482. The van der Waals surface area contributed by atoms with Crippen molar-refractivity contribution in [2.45, 2.75) is 39.6 Å². The standard InChI is InChI=1S/C3H3.3C2H5.Pb/c1-3-2;3*1-2;/h1H3;3*1H2,2H3;. The topological polar surface area (TPSA) is 0 Å². The van der Waals surface area contributed by atoms with E-state index in [0.29, 0.717) is 0 Å². The van der Waals surface area contributed by atoms with Crippen LogP contribution in [-0.4, -0.2) is 21.2 Å². The molecule has 0 unspecified atom stereocenters. The first kappa shape index (κ1) is 10.5. The van der Waals surface area contributed by atoms with Crippen molar-refractivity contribution in [3.05, 3.63) is 0 Å². The van der Waals surface area contributed by atoms with Gasteiger partial charge >= 0.3 is 70.2 Å². The van der Waals surface area contributed by atoms with Gasteiger partial charge < -0.3 is 0 Å². The Labute approximate surface area is 70.1 Å². The second-order valence-corrected chi connectivity index (χ2v) is 21.9. The van der Waals surface area contributed by atoms with Crippen molar-refractivity contribution in [3.63, 3.8) is 0 Å². The van der Waals surface area contributed by atoms with Crippen LogP contribution in [-0.2, 0) is 0 Å². The summed E-state index contributed by atoms with van der Waals surface area (Å²) >= 11 is -1.91. The fraction of sp³-hybridized carbons (Fsp3) is 0.778. The van der Waals surface area contributed by atoms with Crippen LogP contribution in [0.2, 0.25) is 11.9 Å². The molecule has 0 atom stereocenters. The van der Waals surface area contributed by atoms with E-state index in [9.17, 15) is 0 Å². The molecule has 0 fully saturated rings. The molecule has 0 saturated heterocycles. The Kier molecular flexibility index (Phi) is 5.42. The van der Waals surface area contributed by atoms with Crippen molar-refractivity contribution in [1.82, 2.24) is 0 Å². The molecule has 1 heteroatoms. The summed E-state index contributed by atoms with van der Waals surface area (Å²) < 4.78 is 7.73. The molecule has 0 heterocycles. The normalized spacial score (nSPS) is 10.4. The van der Waals surface area contributed by atoms with Crippen LogP contribution in [0.5, 0.6) is 0 Å². The zero-order chi connectivity index (χ0) is 8.04. The van der Waals surface area contributed by atoms with E-state index < -0.39 is 21.2 Å². The molecule has 0 bridgehead atoms. The van der Waals surface area contributed by atoms with Crippen molar-refractivity contribution in [2.75, 3.05) is 0 Å². The molecule has 0 aliphatic heterocycles. The predicted octanol–water partition coefficient (Wildman–Crippen LogP) is 3.06. The molecule has 0 radical (unpaired) electrons. The first-order valence-corrected chi connectivity index (χ1v) is 14.4. The summed E-state index contributed by atoms with van der Waals surface area (Å²) in [6, 6.07) is 0. The zero-order valence-electron chi connectivity index (χ0n) is 7.62. The van der Waals surface area contributed by atoms with Gasteiger partial charge in [-0.1, -0.05) is 0 Å². The molecule has 0 nitrogen and oxygen atoms in total. The van der Waals surface area contributed by atoms with Crippen LogP contribution in [0.1, 0.15) is 27.7 Å². The molecule has 0 aromatic carbocycles. The molecule has 0 rings (SSSR count). The van der Waals surface area contributed by atoms with E-state index >= 15 is 0 Å². The van der Waals surface area contributed by atoms with Crippen molar-refractivity contribution in [1.29, 1.82) is 0 Å². The summed E-state index contributed by atoms with van der Waals surface area (Å²) in [6.07, 6.45) is 0. The number of rotatable bonds is 3. The Balaban J connectivity index is 4.25. The van der Waals surface area contributed by atoms with Crippen LogP contribution < -0.4 is 0 Å². The molecule has 0 aliphatic carbocycles. The van der Waals surface area contributed by atoms with Gasteiger partial charge in [-0.25, -0.2) is 0 Å². The molecule has 0 saturated carbocycles. The second-order valence-electron chi connectivity index (χ2n) is 2.72. The van der Waals surface area contributed by atoms with Crippen LogP contribution in [0.25, 0.3) is 0 Å². The van der Waals surface area contributed by atoms with E-state index in [2.05, 4.69) is 30.2 Å². The van der Waals surface area contributed by atoms with Gasteiger partial charge in [0.25, 0.3) is 0 Å². The molecular formula is C9H18Pb. The van der Waals surface area contributed by atoms with E-state index in [0.717, 1.165) is 0 Å². The fourth-order valence-corrected chi connectivity index (χ4v) is 11.2. The number of hydrogen-bond donors (Lipinski definition) is 0. The van der Waals surface area contributed by atoms with Gasteiger partial charge in [0.15, 0.2) is 0 Å². The van der Waals surface area contributed by atoms with Gasteiger partial charge in [0, 0.05) is 0 Å². The molecule has 0 spiro atoms. The SMILES string of the molecule is CC#[C][Pb]([CH2]C)([CH2]C)[CH2]C. The summed E-state index contributed by atoms with van der Waals surface area (Å²) in [5.41, 5.74) is 0. The van der Waals surface area contributed by atoms with Gasteiger partial charge in [0.2, 0.25) is 0 Å². The molecule has 0 aromatic rings. The van der Waals surface area contributed by atoms with Gasteiger partial charge in [-0.05, 0) is 0 Å². The average Bonchev–Trinajstić information content (AvgIpc) is 2.01. The molecule has 58 valence electrons. The van der Waals surface area contributed by atoms with Crippen LogP contribution in [0.4, 0.5) is 0 Å². The molecule has 0 aromatic heterocycles. The average molecular weight is 333 g/mol. The number of hydrogen-bond acceptors (Lipinski definition) is 0. The van der Waals surface area contributed by atoms with Crippen molar-refractivity contribution >= 4 is 21.2 Å². The molecular weight excluding hydrogens is 315 g/mol. The van der Waals surface area contributed by atoms with Crippen LogP contribution in [0.3, 0.4) is 0 Å². The van der Waals surface area contributed by atoms with Gasteiger partial charge in [-0.3, -0.25) is 0 Å². The van der Waals surface area contributed by atoms with Gasteiger partial charge in [0.1, 0.15) is 0 Å². The van der Waals surface area contributed by atoms with E-state index in [1.165, 1.54) is 11.9 Å². The van der Waals surface area contributed by atoms with Crippen molar-refractivity contribution < 1.29 is 0 Å². The third-order valence-corrected chi connectivity index (χ3v) is 21.2. The Morgan fingerprint density at radius 3 is 1.50 bits per heavy atom. The van der Waals surface area contributed by atoms with E-state index in [1.54, 1.807) is 0 Å². The first-order chi connectivity index (χ1) is 4.74. The second kappa shape index (κ2) is 5.17. The van der Waals surface area contributed by atoms with Gasteiger partial charge in [-0.15, -0.1) is 0 Å². The summed E-state index contributed by atoms with van der Waals surface area (Å²) in [4.78, 5) is 0. The Morgan fingerprint density at radius 2 is 1.40 bits per heavy atom. The zero-order valence-corrected chi connectivity index (χ0v) is 11.5. The minimum absolute atomic E-state index is 1.40. The van der Waals surface area contributed by atoms with Crippen LogP contribution >= 0.6 is 0 Å². The van der Waals surface area contributed by atoms with E-state index in [4.69, 9.17) is 0 Å². The van der Waals surface area contributed by atoms with Crippen LogP contribution in [0, 0.1) is 9.40 Å². The third-order valence-electron chi connectivity index (χ3n) is 2.42. The maximum absolute atomic E-state index is 3.52. The van der Waals surface area contributed by atoms with E-state index in [1.807, 2.05) is 6.92 Å². The molecule has 0 amide bonds. The van der Waals surface area contributed by atoms with Crippen LogP contribution in [0.15, 0.2) is 0 Å². The van der Waals surface area contributed by atoms with E-state index in [-0.39, 0.29) is 0 Å².